The van der Waals surface area contributed by atoms with Crippen LogP contribution in [-0.4, -0.2) is 28.7 Å². The molecule has 76 valence electrons. The molecule has 1 saturated heterocycles. The van der Waals surface area contributed by atoms with Crippen LogP contribution in [0.25, 0.3) is 0 Å². The van der Waals surface area contributed by atoms with Crippen molar-refractivity contribution in [2.24, 2.45) is 5.92 Å². The van der Waals surface area contributed by atoms with Gasteiger partial charge in [-0.05, 0) is 31.6 Å². The van der Waals surface area contributed by atoms with Crippen LogP contribution < -0.4 is 0 Å². The summed E-state index contributed by atoms with van der Waals surface area (Å²) in [5.74, 6) is 0.677. The van der Waals surface area contributed by atoms with Gasteiger partial charge in [-0.2, -0.15) is 0 Å². The predicted octanol–water partition coefficient (Wildman–Crippen LogP) is 2.57. The fourth-order valence-electron chi connectivity index (χ4n) is 1.91. The summed E-state index contributed by atoms with van der Waals surface area (Å²) in [7, 11) is 0. The fraction of sp³-hybridized carbons (Fsp3) is 0.900. The zero-order chi connectivity index (χ0) is 9.84. The zero-order valence-electron chi connectivity index (χ0n) is 8.49. The number of likely N-dealkylation sites (tertiary alicyclic amines) is 1. The number of carboxylic acid groups (broad SMARTS) is 1. The van der Waals surface area contributed by atoms with E-state index in [2.05, 4.69) is 13.8 Å². The van der Waals surface area contributed by atoms with Crippen molar-refractivity contribution in [3.63, 3.8) is 0 Å². The van der Waals surface area contributed by atoms with Crippen molar-refractivity contribution in [3.05, 3.63) is 0 Å². The van der Waals surface area contributed by atoms with Crippen LogP contribution in [0.5, 0.6) is 0 Å². The molecule has 1 fully saturated rings. The van der Waals surface area contributed by atoms with Gasteiger partial charge in [0.15, 0.2) is 0 Å². The van der Waals surface area contributed by atoms with E-state index in [1.54, 1.807) is 4.90 Å². The molecule has 0 aromatic heterocycles. The Balaban J connectivity index is 2.35. The number of carbonyl (C=O) groups is 1. The van der Waals surface area contributed by atoms with E-state index in [-0.39, 0.29) is 0 Å². The average molecular weight is 185 g/mol. The monoisotopic (exact) mass is 185 g/mol. The molecular weight excluding hydrogens is 166 g/mol. The lowest BCUT2D eigenvalue weighted by molar-refractivity contribution is 0.137. The van der Waals surface area contributed by atoms with Crippen molar-refractivity contribution in [2.75, 3.05) is 6.54 Å². The minimum Gasteiger partial charge on any atom is -0.465 e. The van der Waals surface area contributed by atoms with E-state index >= 15 is 0 Å². The SMILES string of the molecule is CC(C)CC[C@@H]1CCCN1C(=O)O. The Bertz CT molecular complexity index is 180. The van der Waals surface area contributed by atoms with Crippen LogP contribution in [-0.2, 0) is 0 Å². The van der Waals surface area contributed by atoms with E-state index < -0.39 is 6.09 Å². The summed E-state index contributed by atoms with van der Waals surface area (Å²) in [4.78, 5) is 12.4. The van der Waals surface area contributed by atoms with Crippen molar-refractivity contribution in [3.8, 4) is 0 Å². The number of amides is 1. The van der Waals surface area contributed by atoms with E-state index in [1.807, 2.05) is 0 Å². The lowest BCUT2D eigenvalue weighted by atomic mass is 10.0. The van der Waals surface area contributed by atoms with Crippen molar-refractivity contribution in [1.29, 1.82) is 0 Å². The molecule has 0 aromatic carbocycles. The Morgan fingerprint density at radius 1 is 1.62 bits per heavy atom. The Morgan fingerprint density at radius 2 is 2.31 bits per heavy atom. The minimum atomic E-state index is -0.744. The third-order valence-corrected chi connectivity index (χ3v) is 2.70. The van der Waals surface area contributed by atoms with Gasteiger partial charge < -0.3 is 10.0 Å². The molecule has 1 N–H and O–H groups in total. The fourth-order valence-corrected chi connectivity index (χ4v) is 1.91. The summed E-state index contributed by atoms with van der Waals surface area (Å²) in [6.45, 7) is 5.10. The highest BCUT2D eigenvalue weighted by Gasteiger charge is 2.27. The summed E-state index contributed by atoms with van der Waals surface area (Å²) in [5.41, 5.74) is 0. The number of rotatable bonds is 3. The first-order valence-electron chi connectivity index (χ1n) is 5.11. The minimum absolute atomic E-state index is 0.292. The topological polar surface area (TPSA) is 40.5 Å². The molecule has 1 aliphatic rings. The van der Waals surface area contributed by atoms with Gasteiger partial charge in [-0.15, -0.1) is 0 Å². The van der Waals surface area contributed by atoms with Gasteiger partial charge in [-0.25, -0.2) is 4.79 Å². The van der Waals surface area contributed by atoms with Gasteiger partial charge in [0, 0.05) is 12.6 Å². The highest BCUT2D eigenvalue weighted by Crippen LogP contribution is 2.22. The molecule has 1 atom stereocenters. The molecule has 0 spiro atoms. The van der Waals surface area contributed by atoms with E-state index in [0.717, 1.165) is 32.2 Å². The third kappa shape index (κ3) is 2.90. The van der Waals surface area contributed by atoms with Gasteiger partial charge in [0.1, 0.15) is 0 Å². The Labute approximate surface area is 79.7 Å². The molecule has 1 amide bonds. The number of nitrogens with zero attached hydrogens (tertiary/aromatic N) is 1. The lowest BCUT2D eigenvalue weighted by Crippen LogP contribution is -2.34. The molecule has 0 saturated carbocycles. The second-order valence-electron chi connectivity index (χ2n) is 4.24. The second-order valence-corrected chi connectivity index (χ2v) is 4.24. The Morgan fingerprint density at radius 3 is 2.85 bits per heavy atom. The molecule has 0 bridgehead atoms. The van der Waals surface area contributed by atoms with Gasteiger partial charge in [0.25, 0.3) is 0 Å². The van der Waals surface area contributed by atoms with E-state index in [9.17, 15) is 4.79 Å². The molecule has 0 aromatic rings. The highest BCUT2D eigenvalue weighted by molar-refractivity contribution is 5.65. The molecule has 0 aliphatic carbocycles. The molecule has 1 rings (SSSR count). The van der Waals surface area contributed by atoms with Crippen LogP contribution in [0.2, 0.25) is 0 Å². The molecule has 0 radical (unpaired) electrons. The second kappa shape index (κ2) is 4.49. The maximum absolute atomic E-state index is 10.8. The van der Waals surface area contributed by atoms with Crippen LogP contribution in [0.4, 0.5) is 4.79 Å². The smallest absolute Gasteiger partial charge is 0.407 e. The van der Waals surface area contributed by atoms with Gasteiger partial charge in [0.05, 0.1) is 0 Å². The highest BCUT2D eigenvalue weighted by atomic mass is 16.4. The molecule has 13 heavy (non-hydrogen) atoms. The van der Waals surface area contributed by atoms with Crippen LogP contribution in [0, 0.1) is 5.92 Å². The lowest BCUT2D eigenvalue weighted by Gasteiger charge is -2.21. The molecular formula is C10H19NO2. The van der Waals surface area contributed by atoms with Gasteiger partial charge in [-0.1, -0.05) is 13.8 Å². The molecule has 0 unspecified atom stereocenters. The maximum Gasteiger partial charge on any atom is 0.407 e. The van der Waals surface area contributed by atoms with Gasteiger partial charge >= 0.3 is 6.09 Å². The predicted molar refractivity (Wildman–Crippen MR) is 51.8 cm³/mol. The average Bonchev–Trinajstić information content (AvgIpc) is 2.47. The maximum atomic E-state index is 10.8. The van der Waals surface area contributed by atoms with E-state index in [1.165, 1.54) is 0 Å². The first-order chi connectivity index (χ1) is 6.11. The third-order valence-electron chi connectivity index (χ3n) is 2.70. The number of hydrogen-bond donors (Lipinski definition) is 1. The largest absolute Gasteiger partial charge is 0.465 e. The van der Waals surface area contributed by atoms with Crippen molar-refractivity contribution in [2.45, 2.75) is 45.6 Å². The quantitative estimate of drug-likeness (QED) is 0.734. The molecule has 1 heterocycles. The molecule has 1 aliphatic heterocycles. The molecule has 3 heteroatoms. The number of hydrogen-bond acceptors (Lipinski definition) is 1. The van der Waals surface area contributed by atoms with Crippen LogP contribution in [0.3, 0.4) is 0 Å². The van der Waals surface area contributed by atoms with Gasteiger partial charge in [-0.3, -0.25) is 0 Å². The zero-order valence-corrected chi connectivity index (χ0v) is 8.49. The van der Waals surface area contributed by atoms with E-state index in [4.69, 9.17) is 5.11 Å². The van der Waals surface area contributed by atoms with Crippen molar-refractivity contribution in [1.82, 2.24) is 4.90 Å². The Hall–Kier alpha value is -0.730. The molecule has 3 nitrogen and oxygen atoms in total. The standard InChI is InChI=1S/C10H19NO2/c1-8(2)5-6-9-4-3-7-11(9)10(12)13/h8-9H,3-7H2,1-2H3,(H,12,13)/t9-/m0/s1. The van der Waals surface area contributed by atoms with Crippen LogP contribution in [0.1, 0.15) is 39.5 Å². The van der Waals surface area contributed by atoms with Crippen LogP contribution in [0.15, 0.2) is 0 Å². The summed E-state index contributed by atoms with van der Waals surface area (Å²) >= 11 is 0. The summed E-state index contributed by atoms with van der Waals surface area (Å²) in [5, 5.41) is 8.87. The van der Waals surface area contributed by atoms with E-state index in [0.29, 0.717) is 12.0 Å². The first-order valence-corrected chi connectivity index (χ1v) is 5.11. The summed E-state index contributed by atoms with van der Waals surface area (Å²) < 4.78 is 0. The van der Waals surface area contributed by atoms with Gasteiger partial charge in [0.2, 0.25) is 0 Å². The summed E-state index contributed by atoms with van der Waals surface area (Å²) in [6, 6.07) is 0.292. The van der Waals surface area contributed by atoms with Crippen LogP contribution >= 0.6 is 0 Å². The van der Waals surface area contributed by atoms with Crippen molar-refractivity contribution >= 4 is 6.09 Å². The first kappa shape index (κ1) is 10.4. The van der Waals surface area contributed by atoms with Crippen molar-refractivity contribution < 1.29 is 9.90 Å². The Kier molecular flexibility index (Phi) is 3.58. The normalized spacial score (nSPS) is 22.7. The summed E-state index contributed by atoms with van der Waals surface area (Å²) in [6.07, 6.45) is 3.51.